The van der Waals surface area contributed by atoms with E-state index in [4.69, 9.17) is 0 Å². The Balaban J connectivity index is 2.09. The van der Waals surface area contributed by atoms with Crippen molar-refractivity contribution in [2.45, 2.75) is 38.1 Å². The van der Waals surface area contributed by atoms with Gasteiger partial charge in [-0.3, -0.25) is 24.0 Å². The van der Waals surface area contributed by atoms with Gasteiger partial charge in [0.15, 0.2) is 0 Å². The predicted octanol–water partition coefficient (Wildman–Crippen LogP) is 2.38. The SMILES string of the molecule is CC1(C)C(=O)N(C2CCC(=O)N(P)C2=O)c2cc(Br)ccc21. The third kappa shape index (κ3) is 2.12. The Morgan fingerprint density at radius 3 is 2.64 bits per heavy atom. The lowest BCUT2D eigenvalue weighted by Crippen LogP contribution is -2.54. The van der Waals surface area contributed by atoms with Gasteiger partial charge in [-0.25, -0.2) is 0 Å². The number of hydrogen-bond donors (Lipinski definition) is 0. The maximum Gasteiger partial charge on any atom is 0.255 e. The summed E-state index contributed by atoms with van der Waals surface area (Å²) in [6, 6.07) is 5.04. The molecule has 0 aromatic heterocycles. The van der Waals surface area contributed by atoms with Gasteiger partial charge in [0.2, 0.25) is 11.8 Å². The first-order chi connectivity index (χ1) is 10.2. The van der Waals surface area contributed by atoms with Crippen molar-refractivity contribution in [3.63, 3.8) is 0 Å². The van der Waals surface area contributed by atoms with E-state index in [0.717, 1.165) is 20.4 Å². The van der Waals surface area contributed by atoms with Crippen LogP contribution in [0.5, 0.6) is 0 Å². The number of hydrogen-bond acceptors (Lipinski definition) is 3. The molecular weight excluding hydrogens is 367 g/mol. The first-order valence-corrected chi connectivity index (χ1v) is 8.31. The molecule has 0 spiro atoms. The molecule has 2 unspecified atom stereocenters. The molecule has 7 heteroatoms. The second kappa shape index (κ2) is 5.14. The Bertz CT molecular complexity index is 704. The molecule has 1 saturated heterocycles. The molecule has 5 nitrogen and oxygen atoms in total. The highest BCUT2D eigenvalue weighted by atomic mass is 79.9. The monoisotopic (exact) mass is 382 g/mol. The van der Waals surface area contributed by atoms with Crippen molar-refractivity contribution >= 4 is 48.7 Å². The van der Waals surface area contributed by atoms with Crippen LogP contribution in [0, 0.1) is 0 Å². The van der Waals surface area contributed by atoms with Gasteiger partial charge in [-0.2, -0.15) is 0 Å². The van der Waals surface area contributed by atoms with E-state index in [9.17, 15) is 14.4 Å². The Morgan fingerprint density at radius 2 is 1.95 bits per heavy atom. The van der Waals surface area contributed by atoms with Crippen molar-refractivity contribution in [1.29, 1.82) is 0 Å². The first kappa shape index (κ1) is 15.6. The highest BCUT2D eigenvalue weighted by Gasteiger charge is 2.49. The van der Waals surface area contributed by atoms with Crippen LogP contribution < -0.4 is 4.90 Å². The van der Waals surface area contributed by atoms with Crippen molar-refractivity contribution in [3.05, 3.63) is 28.2 Å². The van der Waals surface area contributed by atoms with Crippen LogP contribution in [0.2, 0.25) is 0 Å². The summed E-state index contributed by atoms with van der Waals surface area (Å²) in [5, 5.41) is 0. The fraction of sp³-hybridized carbons (Fsp3) is 0.400. The molecule has 0 aliphatic carbocycles. The second-order valence-electron chi connectivity index (χ2n) is 6.12. The molecule has 116 valence electrons. The van der Waals surface area contributed by atoms with Gasteiger partial charge in [0.1, 0.15) is 6.04 Å². The summed E-state index contributed by atoms with van der Waals surface area (Å²) >= 11 is 3.42. The molecule has 2 aliphatic rings. The molecule has 3 rings (SSSR count). The van der Waals surface area contributed by atoms with Crippen LogP contribution in [0.3, 0.4) is 0 Å². The molecule has 22 heavy (non-hydrogen) atoms. The molecule has 0 radical (unpaired) electrons. The van der Waals surface area contributed by atoms with Gasteiger partial charge in [0.05, 0.1) is 5.41 Å². The van der Waals surface area contributed by atoms with Crippen LogP contribution >= 0.6 is 25.3 Å². The van der Waals surface area contributed by atoms with E-state index in [1.165, 1.54) is 0 Å². The van der Waals surface area contributed by atoms with Crippen molar-refractivity contribution < 1.29 is 14.4 Å². The zero-order valence-corrected chi connectivity index (χ0v) is 15.0. The smallest absolute Gasteiger partial charge is 0.255 e. The summed E-state index contributed by atoms with van der Waals surface area (Å²) < 4.78 is 1.90. The van der Waals surface area contributed by atoms with Gasteiger partial charge in [0.25, 0.3) is 5.91 Å². The van der Waals surface area contributed by atoms with Gasteiger partial charge in [-0.15, -0.1) is 0 Å². The summed E-state index contributed by atoms with van der Waals surface area (Å²) in [5.41, 5.74) is 0.972. The fourth-order valence-corrected chi connectivity index (χ4v) is 3.75. The normalized spacial score (nSPS) is 24.0. The number of rotatable bonds is 1. The molecule has 3 amide bonds. The Labute approximate surface area is 139 Å². The van der Waals surface area contributed by atoms with Crippen molar-refractivity contribution in [1.82, 2.24) is 4.67 Å². The standard InChI is InChI=1S/C15H16BrN2O3P/c1-15(2)9-4-3-8(16)7-11(9)17(14(15)21)10-5-6-12(19)18(22)13(10)20/h3-4,7,10H,5-6,22H2,1-2H3. The minimum absolute atomic E-state index is 0.105. The van der Waals surface area contributed by atoms with E-state index in [0.29, 0.717) is 6.42 Å². The van der Waals surface area contributed by atoms with Crippen LogP contribution in [0.25, 0.3) is 0 Å². The number of nitrogens with zero attached hydrogens (tertiary/aromatic N) is 2. The summed E-state index contributed by atoms with van der Waals surface area (Å²) in [5.74, 6) is -0.684. The summed E-state index contributed by atoms with van der Waals surface area (Å²) in [6.07, 6.45) is 0.615. The number of imide groups is 1. The maximum atomic E-state index is 12.9. The molecule has 0 bridgehead atoms. The van der Waals surface area contributed by atoms with E-state index < -0.39 is 11.5 Å². The topological polar surface area (TPSA) is 57.7 Å². The number of anilines is 1. The Kier molecular flexibility index (Phi) is 3.65. The van der Waals surface area contributed by atoms with Gasteiger partial charge >= 0.3 is 0 Å². The van der Waals surface area contributed by atoms with Crippen molar-refractivity contribution in [2.24, 2.45) is 0 Å². The molecule has 0 saturated carbocycles. The number of amides is 3. The highest BCUT2D eigenvalue weighted by molar-refractivity contribution is 9.10. The van der Waals surface area contributed by atoms with Crippen LogP contribution in [0.4, 0.5) is 5.69 Å². The largest absolute Gasteiger partial charge is 0.299 e. The molecule has 0 N–H and O–H groups in total. The van der Waals surface area contributed by atoms with Gasteiger partial charge in [-0.1, -0.05) is 22.0 Å². The zero-order valence-electron chi connectivity index (χ0n) is 12.3. The molecule has 2 heterocycles. The highest BCUT2D eigenvalue weighted by Crippen LogP contribution is 2.45. The minimum Gasteiger partial charge on any atom is -0.299 e. The molecule has 2 atom stereocenters. The summed E-state index contributed by atoms with van der Waals surface area (Å²) in [6.45, 7) is 3.72. The predicted molar refractivity (Wildman–Crippen MR) is 89.2 cm³/mol. The third-order valence-electron chi connectivity index (χ3n) is 4.38. The van der Waals surface area contributed by atoms with Crippen LogP contribution in [-0.4, -0.2) is 28.4 Å². The van der Waals surface area contributed by atoms with Gasteiger partial charge in [0, 0.05) is 16.6 Å². The van der Waals surface area contributed by atoms with Crippen molar-refractivity contribution in [2.75, 3.05) is 4.90 Å². The Morgan fingerprint density at radius 1 is 1.27 bits per heavy atom. The number of carbonyl (C=O) groups excluding carboxylic acids is 3. The Hall–Kier alpha value is -1.26. The van der Waals surface area contributed by atoms with Crippen LogP contribution in [0.15, 0.2) is 22.7 Å². The van der Waals surface area contributed by atoms with Gasteiger partial charge < -0.3 is 0 Å². The lowest BCUT2D eigenvalue weighted by atomic mass is 9.86. The second-order valence-corrected chi connectivity index (χ2v) is 7.55. The summed E-state index contributed by atoms with van der Waals surface area (Å²) in [4.78, 5) is 38.5. The maximum absolute atomic E-state index is 12.9. The molecule has 1 aromatic rings. The minimum atomic E-state index is -0.677. The number of halogens is 1. The van der Waals surface area contributed by atoms with Crippen LogP contribution in [0.1, 0.15) is 32.3 Å². The van der Waals surface area contributed by atoms with E-state index >= 15 is 0 Å². The lowest BCUT2D eigenvalue weighted by molar-refractivity contribution is -0.143. The molecule has 1 fully saturated rings. The lowest BCUT2D eigenvalue weighted by Gasteiger charge is -2.34. The van der Waals surface area contributed by atoms with E-state index in [1.807, 2.05) is 32.0 Å². The van der Waals surface area contributed by atoms with Gasteiger partial charge in [-0.05, 0) is 47.4 Å². The number of fused-ring (bicyclic) bond motifs is 1. The quantitative estimate of drug-likeness (QED) is 0.553. The zero-order chi connectivity index (χ0) is 16.2. The van der Waals surface area contributed by atoms with E-state index in [-0.39, 0.29) is 24.1 Å². The van der Waals surface area contributed by atoms with E-state index in [2.05, 4.69) is 25.3 Å². The third-order valence-corrected chi connectivity index (χ3v) is 5.42. The van der Waals surface area contributed by atoms with Crippen LogP contribution in [-0.2, 0) is 19.8 Å². The molecular formula is C15H16BrN2O3P. The molecule has 1 aromatic carbocycles. The molecule has 2 aliphatic heterocycles. The first-order valence-electron chi connectivity index (χ1n) is 7.00. The number of carbonyl (C=O) groups is 3. The average molecular weight is 383 g/mol. The van der Waals surface area contributed by atoms with Crippen molar-refractivity contribution in [3.8, 4) is 0 Å². The number of benzene rings is 1. The number of piperidine rings is 1. The average Bonchev–Trinajstić information content (AvgIpc) is 2.65. The van der Waals surface area contributed by atoms with E-state index in [1.54, 1.807) is 4.90 Å². The summed E-state index contributed by atoms with van der Waals surface area (Å²) in [7, 11) is 2.15. The fourth-order valence-electron chi connectivity index (χ4n) is 3.09.